The van der Waals surface area contributed by atoms with Crippen molar-refractivity contribution in [3.05, 3.63) is 65.3 Å². The van der Waals surface area contributed by atoms with E-state index in [2.05, 4.69) is 10.3 Å². The number of ether oxygens (including phenoxy) is 2. The van der Waals surface area contributed by atoms with Crippen LogP contribution in [0.4, 0.5) is 10.1 Å². The zero-order valence-electron chi connectivity index (χ0n) is 14.6. The highest BCUT2D eigenvalue weighted by Gasteiger charge is 2.38. The van der Waals surface area contributed by atoms with Gasteiger partial charge in [-0.1, -0.05) is 0 Å². The van der Waals surface area contributed by atoms with Gasteiger partial charge in [-0.3, -0.25) is 4.79 Å². The van der Waals surface area contributed by atoms with Gasteiger partial charge in [0.25, 0.3) is 5.91 Å². The van der Waals surface area contributed by atoms with Crippen LogP contribution in [0.15, 0.2) is 48.4 Å². The molecule has 4 rings (SSSR count). The Morgan fingerprint density at radius 3 is 2.73 bits per heavy atom. The molecule has 0 spiro atoms. The Kier molecular flexibility index (Phi) is 3.57. The van der Waals surface area contributed by atoms with E-state index in [1.54, 1.807) is 25.4 Å². The molecule has 132 valence electrons. The number of carbonyl (C=O) groups excluding carboxylic acids is 1. The Bertz CT molecular complexity index is 975. The lowest BCUT2D eigenvalue weighted by Gasteiger charge is -2.23. The number of hydrogen-bond acceptors (Lipinski definition) is 4. The first-order chi connectivity index (χ1) is 12.4. The first-order valence-corrected chi connectivity index (χ1v) is 8.16. The lowest BCUT2D eigenvalue weighted by molar-refractivity contribution is -0.111. The summed E-state index contributed by atoms with van der Waals surface area (Å²) in [6.45, 7) is 3.85. The fourth-order valence-electron chi connectivity index (χ4n) is 3.27. The second-order valence-corrected chi connectivity index (χ2v) is 6.64. The highest BCUT2D eigenvalue weighted by Crippen LogP contribution is 2.44. The predicted octanol–water partition coefficient (Wildman–Crippen LogP) is 3.78. The SMILES string of the molecule is COc1ccc(C2=CC(=C3C(=O)Nc4cc(F)ccc43)OC2(C)C)cn1. The van der Waals surface area contributed by atoms with Crippen LogP contribution in [0.3, 0.4) is 0 Å². The molecule has 0 fully saturated rings. The van der Waals surface area contributed by atoms with E-state index in [4.69, 9.17) is 9.47 Å². The third kappa shape index (κ3) is 2.54. The van der Waals surface area contributed by atoms with E-state index >= 15 is 0 Å². The van der Waals surface area contributed by atoms with Crippen LogP contribution in [0, 0.1) is 5.82 Å². The summed E-state index contributed by atoms with van der Waals surface area (Å²) in [5.74, 6) is 0.282. The van der Waals surface area contributed by atoms with Crippen LogP contribution < -0.4 is 10.1 Å². The number of pyridine rings is 1. The van der Waals surface area contributed by atoms with Crippen LogP contribution in [0.5, 0.6) is 5.88 Å². The van der Waals surface area contributed by atoms with Crippen molar-refractivity contribution in [1.82, 2.24) is 4.98 Å². The number of carbonyl (C=O) groups is 1. The van der Waals surface area contributed by atoms with E-state index in [9.17, 15) is 9.18 Å². The number of halogens is 1. The summed E-state index contributed by atoms with van der Waals surface area (Å²) in [5.41, 5.74) is 2.63. The third-order valence-corrected chi connectivity index (χ3v) is 4.52. The topological polar surface area (TPSA) is 60.5 Å². The van der Waals surface area contributed by atoms with Crippen LogP contribution in [0.1, 0.15) is 25.0 Å². The van der Waals surface area contributed by atoms with Gasteiger partial charge < -0.3 is 14.8 Å². The molecule has 0 bridgehead atoms. The van der Waals surface area contributed by atoms with Crippen molar-refractivity contribution in [3.63, 3.8) is 0 Å². The van der Waals surface area contributed by atoms with Gasteiger partial charge in [-0.05, 0) is 44.2 Å². The van der Waals surface area contributed by atoms with Gasteiger partial charge in [-0.25, -0.2) is 9.37 Å². The van der Waals surface area contributed by atoms with Crippen LogP contribution in [0.25, 0.3) is 11.1 Å². The number of amides is 1. The van der Waals surface area contributed by atoms with Gasteiger partial charge in [-0.15, -0.1) is 0 Å². The summed E-state index contributed by atoms with van der Waals surface area (Å²) in [5, 5.41) is 2.69. The predicted molar refractivity (Wildman–Crippen MR) is 95.9 cm³/mol. The van der Waals surface area contributed by atoms with Crippen LogP contribution >= 0.6 is 0 Å². The highest BCUT2D eigenvalue weighted by atomic mass is 19.1. The average molecular weight is 352 g/mol. The maximum absolute atomic E-state index is 13.4. The van der Waals surface area contributed by atoms with Gasteiger partial charge in [0.15, 0.2) is 0 Å². The van der Waals surface area contributed by atoms with E-state index in [0.29, 0.717) is 28.5 Å². The Hall–Kier alpha value is -3.15. The number of allylic oxidation sites excluding steroid dienone is 1. The molecular weight excluding hydrogens is 335 g/mol. The van der Waals surface area contributed by atoms with Crippen molar-refractivity contribution >= 4 is 22.7 Å². The molecule has 0 atom stereocenters. The monoisotopic (exact) mass is 352 g/mol. The molecule has 0 saturated heterocycles. The fraction of sp³-hybridized carbons (Fsp3) is 0.200. The molecule has 0 radical (unpaired) electrons. The minimum absolute atomic E-state index is 0.304. The molecule has 0 unspecified atom stereocenters. The van der Waals surface area contributed by atoms with Crippen LogP contribution in [0.2, 0.25) is 0 Å². The van der Waals surface area contributed by atoms with E-state index in [-0.39, 0.29) is 5.91 Å². The maximum Gasteiger partial charge on any atom is 0.260 e. The molecule has 0 saturated carbocycles. The van der Waals surface area contributed by atoms with Crippen molar-refractivity contribution in [2.45, 2.75) is 19.4 Å². The number of aromatic nitrogens is 1. The minimum atomic E-state index is -0.637. The Balaban J connectivity index is 1.82. The van der Waals surface area contributed by atoms with Gasteiger partial charge in [0, 0.05) is 29.0 Å². The first kappa shape index (κ1) is 16.3. The molecule has 5 nitrogen and oxygen atoms in total. The quantitative estimate of drug-likeness (QED) is 0.836. The van der Waals surface area contributed by atoms with Gasteiger partial charge in [0.2, 0.25) is 5.88 Å². The van der Waals surface area contributed by atoms with Gasteiger partial charge in [0.1, 0.15) is 17.2 Å². The van der Waals surface area contributed by atoms with E-state index in [1.807, 2.05) is 26.0 Å². The zero-order chi connectivity index (χ0) is 18.5. The van der Waals surface area contributed by atoms with E-state index in [0.717, 1.165) is 11.1 Å². The zero-order valence-corrected chi connectivity index (χ0v) is 14.6. The van der Waals surface area contributed by atoms with Gasteiger partial charge in [-0.2, -0.15) is 0 Å². The van der Waals surface area contributed by atoms with Crippen molar-refractivity contribution < 1.29 is 18.7 Å². The number of hydrogen-bond donors (Lipinski definition) is 1. The minimum Gasteiger partial charge on any atom is -0.482 e. The van der Waals surface area contributed by atoms with Crippen molar-refractivity contribution in [1.29, 1.82) is 0 Å². The Morgan fingerprint density at radius 2 is 2.04 bits per heavy atom. The van der Waals surface area contributed by atoms with E-state index in [1.165, 1.54) is 12.1 Å². The molecule has 2 aliphatic heterocycles. The smallest absolute Gasteiger partial charge is 0.260 e. The van der Waals surface area contributed by atoms with Gasteiger partial charge >= 0.3 is 0 Å². The second kappa shape index (κ2) is 5.69. The van der Waals surface area contributed by atoms with Crippen molar-refractivity contribution in [2.24, 2.45) is 0 Å². The summed E-state index contributed by atoms with van der Waals surface area (Å²) in [7, 11) is 1.56. The van der Waals surface area contributed by atoms with Crippen molar-refractivity contribution in [3.8, 4) is 5.88 Å². The normalized spacial score (nSPS) is 20.3. The largest absolute Gasteiger partial charge is 0.482 e. The number of rotatable bonds is 2. The second-order valence-electron chi connectivity index (χ2n) is 6.64. The van der Waals surface area contributed by atoms with Crippen molar-refractivity contribution in [2.75, 3.05) is 12.4 Å². The molecule has 6 heteroatoms. The van der Waals surface area contributed by atoms with Gasteiger partial charge in [0.05, 0.1) is 18.4 Å². The lowest BCUT2D eigenvalue weighted by atomic mass is 9.93. The molecule has 1 amide bonds. The Morgan fingerprint density at radius 1 is 1.23 bits per heavy atom. The fourth-order valence-corrected chi connectivity index (χ4v) is 3.27. The number of anilines is 1. The maximum atomic E-state index is 13.4. The molecule has 1 aromatic heterocycles. The lowest BCUT2D eigenvalue weighted by Crippen LogP contribution is -2.21. The Labute approximate surface area is 150 Å². The molecule has 3 heterocycles. The number of benzene rings is 1. The number of nitrogens with one attached hydrogen (secondary N) is 1. The first-order valence-electron chi connectivity index (χ1n) is 8.16. The molecule has 2 aromatic rings. The highest BCUT2D eigenvalue weighted by molar-refractivity contribution is 6.32. The molecular formula is C20H17FN2O3. The average Bonchev–Trinajstić information content (AvgIpc) is 3.09. The number of nitrogens with zero attached hydrogens (tertiary/aromatic N) is 1. The summed E-state index contributed by atoms with van der Waals surface area (Å²) in [6, 6.07) is 7.89. The molecule has 1 aromatic carbocycles. The molecule has 2 aliphatic rings. The molecule has 0 aliphatic carbocycles. The number of fused-ring (bicyclic) bond motifs is 1. The summed E-state index contributed by atoms with van der Waals surface area (Å²) in [4.78, 5) is 16.7. The van der Waals surface area contributed by atoms with Crippen LogP contribution in [-0.4, -0.2) is 23.6 Å². The molecule has 26 heavy (non-hydrogen) atoms. The summed E-state index contributed by atoms with van der Waals surface area (Å²) < 4.78 is 24.6. The van der Waals surface area contributed by atoms with E-state index < -0.39 is 11.4 Å². The van der Waals surface area contributed by atoms with Crippen LogP contribution in [-0.2, 0) is 9.53 Å². The third-order valence-electron chi connectivity index (χ3n) is 4.52. The summed E-state index contributed by atoms with van der Waals surface area (Å²) in [6.07, 6.45) is 3.55. The number of methoxy groups -OCH3 is 1. The summed E-state index contributed by atoms with van der Waals surface area (Å²) >= 11 is 0. The molecule has 1 N–H and O–H groups in total. The standard InChI is InChI=1S/C20H17FN2O3/c1-20(2)14(11-4-7-17(25-3)22-10-11)9-16(26-20)18-13-6-5-12(21)8-15(13)23-19(18)24/h4-10H,1-3H3,(H,23,24).